The lowest BCUT2D eigenvalue weighted by Crippen LogP contribution is -2.44. The largest absolute Gasteiger partial charge is 0.481 e. The van der Waals surface area contributed by atoms with Crippen LogP contribution < -0.4 is 5.32 Å². The van der Waals surface area contributed by atoms with E-state index in [2.05, 4.69) is 14.9 Å². The summed E-state index contributed by atoms with van der Waals surface area (Å²) in [6, 6.07) is -0.298. The Hall–Kier alpha value is -1.89. The van der Waals surface area contributed by atoms with E-state index in [1.165, 1.54) is 5.69 Å². The maximum absolute atomic E-state index is 12.4. The summed E-state index contributed by atoms with van der Waals surface area (Å²) in [5.74, 6) is -0.417. The Balaban J connectivity index is 1.54. The first kappa shape index (κ1) is 17.0. The van der Waals surface area contributed by atoms with Crippen LogP contribution in [0.2, 0.25) is 0 Å². The Morgan fingerprint density at radius 2 is 2.17 bits per heavy atom. The maximum Gasteiger partial charge on any atom is 0.305 e. The molecule has 1 saturated heterocycles. The lowest BCUT2D eigenvalue weighted by Gasteiger charge is -2.31. The monoisotopic (exact) mass is 335 g/mol. The summed E-state index contributed by atoms with van der Waals surface area (Å²) in [7, 11) is 0. The number of ether oxygens (including phenoxy) is 1. The summed E-state index contributed by atoms with van der Waals surface area (Å²) in [6.07, 6.45) is 7.55. The molecule has 1 amide bonds. The molecule has 132 valence electrons. The van der Waals surface area contributed by atoms with E-state index in [9.17, 15) is 9.59 Å². The Morgan fingerprint density at radius 3 is 2.92 bits per heavy atom. The second-order valence-electron chi connectivity index (χ2n) is 6.86. The first-order chi connectivity index (χ1) is 11.6. The van der Waals surface area contributed by atoms with Gasteiger partial charge in [-0.25, -0.2) is 4.98 Å². The van der Waals surface area contributed by atoms with E-state index in [1.807, 2.05) is 12.5 Å². The van der Waals surface area contributed by atoms with Crippen LogP contribution in [0.25, 0.3) is 0 Å². The van der Waals surface area contributed by atoms with Gasteiger partial charge in [0.05, 0.1) is 12.7 Å². The van der Waals surface area contributed by atoms with Gasteiger partial charge >= 0.3 is 5.97 Å². The molecular weight excluding hydrogens is 310 g/mol. The van der Waals surface area contributed by atoms with Crippen LogP contribution in [-0.4, -0.2) is 45.8 Å². The number of rotatable bonds is 6. The number of aliphatic carboxylic acids is 1. The number of hydrogen-bond donors (Lipinski definition) is 2. The van der Waals surface area contributed by atoms with Crippen LogP contribution in [0.15, 0.2) is 12.5 Å². The third-order valence-electron chi connectivity index (χ3n) is 5.12. The first-order valence-corrected chi connectivity index (χ1v) is 8.69. The highest BCUT2D eigenvalue weighted by molar-refractivity contribution is 5.77. The lowest BCUT2D eigenvalue weighted by atomic mass is 9.88. The number of aryl methyl sites for hydroxylation is 1. The van der Waals surface area contributed by atoms with E-state index in [0.717, 1.165) is 32.2 Å². The predicted octanol–water partition coefficient (Wildman–Crippen LogP) is 1.22. The van der Waals surface area contributed by atoms with Crippen LogP contribution >= 0.6 is 0 Å². The van der Waals surface area contributed by atoms with Crippen molar-refractivity contribution < 1.29 is 19.4 Å². The number of carboxylic acid groups (broad SMARTS) is 1. The molecule has 7 nitrogen and oxygen atoms in total. The molecule has 7 heteroatoms. The SMILES string of the molecule is O=C(O)CC(NC(=O)CC1CCn2cncc2C1)C1CCOCC1. The number of carbonyl (C=O) groups is 2. The molecule has 1 aromatic heterocycles. The van der Waals surface area contributed by atoms with Crippen molar-refractivity contribution in [1.82, 2.24) is 14.9 Å². The van der Waals surface area contributed by atoms with Crippen LogP contribution in [0.3, 0.4) is 0 Å². The van der Waals surface area contributed by atoms with Crippen molar-refractivity contribution in [2.24, 2.45) is 11.8 Å². The Bertz CT molecular complexity index is 580. The summed E-state index contributed by atoms with van der Waals surface area (Å²) in [5.41, 5.74) is 1.17. The fraction of sp³-hybridized carbons (Fsp3) is 0.706. The number of amides is 1. The van der Waals surface area contributed by atoms with Gasteiger partial charge in [0.15, 0.2) is 0 Å². The standard InChI is InChI=1S/C17H25N3O4/c21-16(8-12-1-4-20-11-18-10-14(20)7-12)19-15(9-17(22)23)13-2-5-24-6-3-13/h10-13,15H,1-9H2,(H,19,21)(H,22,23). The zero-order valence-corrected chi connectivity index (χ0v) is 13.8. The molecule has 3 heterocycles. The van der Waals surface area contributed by atoms with Gasteiger partial charge in [-0.05, 0) is 37.5 Å². The van der Waals surface area contributed by atoms with E-state index >= 15 is 0 Å². The van der Waals surface area contributed by atoms with E-state index in [0.29, 0.717) is 25.6 Å². The number of aromatic nitrogens is 2. The summed E-state index contributed by atoms with van der Waals surface area (Å²) in [5, 5.41) is 12.1. The molecular formula is C17H25N3O4. The molecule has 0 aliphatic carbocycles. The Morgan fingerprint density at radius 1 is 1.38 bits per heavy atom. The van der Waals surface area contributed by atoms with Gasteiger partial charge in [-0.1, -0.05) is 0 Å². The topological polar surface area (TPSA) is 93.5 Å². The molecule has 0 bridgehead atoms. The van der Waals surface area contributed by atoms with E-state index < -0.39 is 5.97 Å². The smallest absolute Gasteiger partial charge is 0.305 e. The summed E-state index contributed by atoms with van der Waals surface area (Å²) in [4.78, 5) is 27.7. The summed E-state index contributed by atoms with van der Waals surface area (Å²) >= 11 is 0. The highest BCUT2D eigenvalue weighted by Gasteiger charge is 2.29. The van der Waals surface area contributed by atoms with Crippen LogP contribution in [0, 0.1) is 11.8 Å². The maximum atomic E-state index is 12.4. The number of nitrogens with one attached hydrogen (secondary N) is 1. The zero-order valence-electron chi connectivity index (χ0n) is 13.8. The second kappa shape index (κ2) is 7.79. The Kier molecular flexibility index (Phi) is 5.50. The predicted molar refractivity (Wildman–Crippen MR) is 86.4 cm³/mol. The highest BCUT2D eigenvalue weighted by atomic mass is 16.5. The second-order valence-corrected chi connectivity index (χ2v) is 6.86. The average Bonchev–Trinajstić information content (AvgIpc) is 3.02. The van der Waals surface area contributed by atoms with Crippen molar-refractivity contribution in [3.63, 3.8) is 0 Å². The number of nitrogens with zero attached hydrogens (tertiary/aromatic N) is 2. The van der Waals surface area contributed by atoms with Crippen LogP contribution in [0.1, 0.15) is 37.8 Å². The van der Waals surface area contributed by atoms with E-state index in [1.54, 1.807) is 0 Å². The summed E-state index contributed by atoms with van der Waals surface area (Å²) < 4.78 is 7.47. The zero-order chi connectivity index (χ0) is 16.9. The fourth-order valence-electron chi connectivity index (χ4n) is 3.78. The molecule has 0 spiro atoms. The van der Waals surface area contributed by atoms with Crippen molar-refractivity contribution in [1.29, 1.82) is 0 Å². The molecule has 2 atom stereocenters. The van der Waals surface area contributed by atoms with Gasteiger partial charge in [0.2, 0.25) is 5.91 Å². The van der Waals surface area contributed by atoms with E-state index in [4.69, 9.17) is 9.84 Å². The van der Waals surface area contributed by atoms with Gasteiger partial charge in [-0.15, -0.1) is 0 Å². The molecule has 3 rings (SSSR count). The number of fused-ring (bicyclic) bond motifs is 1. The van der Waals surface area contributed by atoms with Crippen molar-refractivity contribution in [3.8, 4) is 0 Å². The van der Waals surface area contributed by atoms with Gasteiger partial charge in [-0.2, -0.15) is 0 Å². The van der Waals surface area contributed by atoms with Crippen LogP contribution in [0.4, 0.5) is 0 Å². The number of carbonyl (C=O) groups excluding carboxylic acids is 1. The van der Waals surface area contributed by atoms with Crippen LogP contribution in [0.5, 0.6) is 0 Å². The highest BCUT2D eigenvalue weighted by Crippen LogP contribution is 2.24. The quantitative estimate of drug-likeness (QED) is 0.815. The molecule has 2 N–H and O–H groups in total. The molecule has 2 aliphatic heterocycles. The molecule has 2 unspecified atom stereocenters. The normalized spacial score (nSPS) is 22.6. The third-order valence-corrected chi connectivity index (χ3v) is 5.12. The van der Waals surface area contributed by atoms with Gasteiger partial charge in [0.25, 0.3) is 0 Å². The minimum atomic E-state index is -0.867. The number of imidazole rings is 1. The number of carboxylic acids is 1. The van der Waals surface area contributed by atoms with Crippen molar-refractivity contribution in [2.45, 2.75) is 51.1 Å². The molecule has 1 aromatic rings. The van der Waals surface area contributed by atoms with Crippen molar-refractivity contribution >= 4 is 11.9 Å². The molecule has 24 heavy (non-hydrogen) atoms. The van der Waals surface area contributed by atoms with Gasteiger partial charge in [0, 0.05) is 44.1 Å². The molecule has 2 aliphatic rings. The van der Waals surface area contributed by atoms with Crippen molar-refractivity contribution in [2.75, 3.05) is 13.2 Å². The lowest BCUT2D eigenvalue weighted by molar-refractivity contribution is -0.138. The van der Waals surface area contributed by atoms with Gasteiger partial charge in [0.1, 0.15) is 0 Å². The summed E-state index contributed by atoms with van der Waals surface area (Å²) in [6.45, 7) is 2.18. The molecule has 1 fully saturated rings. The average molecular weight is 335 g/mol. The minimum Gasteiger partial charge on any atom is -0.481 e. The van der Waals surface area contributed by atoms with Crippen molar-refractivity contribution in [3.05, 3.63) is 18.2 Å². The van der Waals surface area contributed by atoms with E-state index in [-0.39, 0.29) is 24.3 Å². The molecule has 0 radical (unpaired) electrons. The van der Waals surface area contributed by atoms with Gasteiger partial charge < -0.3 is 19.7 Å². The third kappa shape index (κ3) is 4.35. The number of hydrogen-bond acceptors (Lipinski definition) is 4. The minimum absolute atomic E-state index is 0.0200. The van der Waals surface area contributed by atoms with Crippen LogP contribution in [-0.2, 0) is 27.3 Å². The molecule has 0 aromatic carbocycles. The first-order valence-electron chi connectivity index (χ1n) is 8.69. The Labute approximate surface area is 141 Å². The fourth-order valence-corrected chi connectivity index (χ4v) is 3.78. The molecule has 0 saturated carbocycles. The van der Waals surface area contributed by atoms with Gasteiger partial charge in [-0.3, -0.25) is 9.59 Å².